The van der Waals surface area contributed by atoms with Gasteiger partial charge in [-0.05, 0) is 48.3 Å². The Hall–Kier alpha value is -2.11. The number of thiocarbonyl (C=S) groups is 1. The zero-order chi connectivity index (χ0) is 17.5. The number of nitrogens with one attached hydrogen (secondary N) is 2. The van der Waals surface area contributed by atoms with Crippen LogP contribution in [-0.2, 0) is 13.0 Å². The molecule has 1 aliphatic heterocycles. The molecule has 5 heteroatoms. The van der Waals surface area contributed by atoms with Gasteiger partial charge in [-0.3, -0.25) is 4.90 Å². The van der Waals surface area contributed by atoms with Crippen LogP contribution in [0.3, 0.4) is 0 Å². The number of benzene rings is 2. The Bertz CT molecular complexity index is 720. The van der Waals surface area contributed by atoms with Gasteiger partial charge >= 0.3 is 0 Å². The van der Waals surface area contributed by atoms with E-state index in [1.54, 1.807) is 7.11 Å². The SMILES string of the molecule is COc1cccc(NC(=S)NCCCN2CCc3ccccc3C2)c1. The van der Waals surface area contributed by atoms with Gasteiger partial charge in [0.1, 0.15) is 5.75 Å². The number of hydrogen-bond acceptors (Lipinski definition) is 3. The molecule has 0 amide bonds. The van der Waals surface area contributed by atoms with Crippen LogP contribution < -0.4 is 15.4 Å². The summed E-state index contributed by atoms with van der Waals surface area (Å²) in [4.78, 5) is 2.52. The van der Waals surface area contributed by atoms with Crippen LogP contribution >= 0.6 is 12.2 Å². The summed E-state index contributed by atoms with van der Waals surface area (Å²) in [6.45, 7) is 4.16. The van der Waals surface area contributed by atoms with E-state index in [1.807, 2.05) is 24.3 Å². The van der Waals surface area contributed by atoms with E-state index in [1.165, 1.54) is 11.1 Å². The van der Waals surface area contributed by atoms with Crippen molar-refractivity contribution in [3.63, 3.8) is 0 Å². The fourth-order valence-corrected chi connectivity index (χ4v) is 3.35. The summed E-state index contributed by atoms with van der Waals surface area (Å²) >= 11 is 5.36. The van der Waals surface area contributed by atoms with Crippen LogP contribution in [0.25, 0.3) is 0 Å². The summed E-state index contributed by atoms with van der Waals surface area (Å²) in [6.07, 6.45) is 2.22. The number of rotatable bonds is 6. The minimum absolute atomic E-state index is 0.650. The summed E-state index contributed by atoms with van der Waals surface area (Å²) in [5.74, 6) is 0.818. The highest BCUT2D eigenvalue weighted by Gasteiger charge is 2.14. The van der Waals surface area contributed by atoms with Gasteiger partial charge in [-0.2, -0.15) is 0 Å². The van der Waals surface area contributed by atoms with Crippen LogP contribution in [0.1, 0.15) is 17.5 Å². The Balaban J connectivity index is 1.36. The predicted octanol–water partition coefficient (Wildman–Crippen LogP) is 3.43. The Labute approximate surface area is 155 Å². The van der Waals surface area contributed by atoms with Gasteiger partial charge in [-0.25, -0.2) is 0 Å². The molecule has 0 aromatic heterocycles. The molecule has 0 aliphatic carbocycles. The van der Waals surface area contributed by atoms with E-state index in [0.717, 1.165) is 50.5 Å². The Morgan fingerprint density at radius 3 is 2.84 bits per heavy atom. The maximum absolute atomic E-state index is 5.36. The van der Waals surface area contributed by atoms with Gasteiger partial charge in [0, 0.05) is 37.9 Å². The van der Waals surface area contributed by atoms with Crippen LogP contribution in [0.5, 0.6) is 5.75 Å². The van der Waals surface area contributed by atoms with E-state index in [4.69, 9.17) is 17.0 Å². The Kier molecular flexibility index (Phi) is 6.25. The zero-order valence-electron chi connectivity index (χ0n) is 14.6. The average Bonchev–Trinajstić information content (AvgIpc) is 2.65. The van der Waals surface area contributed by atoms with Crippen molar-refractivity contribution in [2.75, 3.05) is 32.1 Å². The van der Waals surface area contributed by atoms with Gasteiger partial charge in [-0.1, -0.05) is 30.3 Å². The molecule has 1 aliphatic rings. The number of anilines is 1. The molecule has 0 saturated carbocycles. The third-order valence-corrected chi connectivity index (χ3v) is 4.72. The summed E-state index contributed by atoms with van der Waals surface area (Å²) in [5.41, 5.74) is 3.90. The number of nitrogens with zero attached hydrogens (tertiary/aromatic N) is 1. The Morgan fingerprint density at radius 1 is 1.16 bits per heavy atom. The van der Waals surface area contributed by atoms with Crippen molar-refractivity contribution >= 4 is 23.0 Å². The van der Waals surface area contributed by atoms with E-state index in [-0.39, 0.29) is 0 Å². The Morgan fingerprint density at radius 2 is 2.00 bits per heavy atom. The second-order valence-electron chi connectivity index (χ2n) is 6.26. The lowest BCUT2D eigenvalue weighted by Gasteiger charge is -2.28. The third-order valence-electron chi connectivity index (χ3n) is 4.47. The van der Waals surface area contributed by atoms with E-state index >= 15 is 0 Å². The summed E-state index contributed by atoms with van der Waals surface area (Å²) in [7, 11) is 1.66. The van der Waals surface area contributed by atoms with Crippen molar-refractivity contribution < 1.29 is 4.74 Å². The highest BCUT2D eigenvalue weighted by Crippen LogP contribution is 2.18. The van der Waals surface area contributed by atoms with Gasteiger partial charge in [-0.15, -0.1) is 0 Å². The van der Waals surface area contributed by atoms with Crippen LogP contribution in [0.2, 0.25) is 0 Å². The molecule has 0 unspecified atom stereocenters. The second kappa shape index (κ2) is 8.83. The maximum atomic E-state index is 5.36. The molecule has 0 radical (unpaired) electrons. The molecule has 0 atom stereocenters. The standard InChI is InChI=1S/C20H25N3OS/c1-24-19-9-4-8-18(14-19)22-20(25)21-11-5-12-23-13-10-16-6-2-3-7-17(16)15-23/h2-4,6-9,14H,5,10-13,15H2,1H3,(H2,21,22,25). The molecule has 1 heterocycles. The lowest BCUT2D eigenvalue weighted by molar-refractivity contribution is 0.251. The largest absolute Gasteiger partial charge is 0.497 e. The minimum Gasteiger partial charge on any atom is -0.497 e. The van der Waals surface area contributed by atoms with Gasteiger partial charge in [0.2, 0.25) is 0 Å². The molecule has 3 rings (SSSR count). The molecule has 2 aromatic rings. The predicted molar refractivity (Wildman–Crippen MR) is 107 cm³/mol. The lowest BCUT2D eigenvalue weighted by Crippen LogP contribution is -2.34. The quantitative estimate of drug-likeness (QED) is 0.613. The molecule has 0 fully saturated rings. The van der Waals surface area contributed by atoms with Crippen LogP contribution in [0.15, 0.2) is 48.5 Å². The normalized spacial score (nSPS) is 13.8. The number of hydrogen-bond donors (Lipinski definition) is 2. The van der Waals surface area contributed by atoms with Gasteiger partial charge in [0.25, 0.3) is 0 Å². The average molecular weight is 356 g/mol. The lowest BCUT2D eigenvalue weighted by atomic mass is 10.00. The van der Waals surface area contributed by atoms with Crippen molar-refractivity contribution in [3.8, 4) is 5.75 Å². The van der Waals surface area contributed by atoms with Gasteiger partial charge in [0.05, 0.1) is 7.11 Å². The van der Waals surface area contributed by atoms with E-state index in [0.29, 0.717) is 5.11 Å². The van der Waals surface area contributed by atoms with Crippen molar-refractivity contribution in [2.24, 2.45) is 0 Å². The van der Waals surface area contributed by atoms with Gasteiger partial charge < -0.3 is 15.4 Å². The zero-order valence-corrected chi connectivity index (χ0v) is 15.4. The van der Waals surface area contributed by atoms with E-state index in [9.17, 15) is 0 Å². The molecule has 2 N–H and O–H groups in total. The first-order chi connectivity index (χ1) is 12.2. The van der Waals surface area contributed by atoms with E-state index < -0.39 is 0 Å². The first kappa shape index (κ1) is 17.7. The molecule has 0 saturated heterocycles. The second-order valence-corrected chi connectivity index (χ2v) is 6.67. The summed E-state index contributed by atoms with van der Waals surface area (Å²) < 4.78 is 5.22. The molecule has 0 spiro atoms. The van der Waals surface area contributed by atoms with Crippen LogP contribution in [0, 0.1) is 0 Å². The first-order valence-corrected chi connectivity index (χ1v) is 9.13. The third kappa shape index (κ3) is 5.18. The smallest absolute Gasteiger partial charge is 0.170 e. The van der Waals surface area contributed by atoms with Crippen molar-refractivity contribution in [1.29, 1.82) is 0 Å². The number of ether oxygens (including phenoxy) is 1. The maximum Gasteiger partial charge on any atom is 0.170 e. The van der Waals surface area contributed by atoms with Crippen molar-refractivity contribution in [3.05, 3.63) is 59.7 Å². The molecule has 25 heavy (non-hydrogen) atoms. The molecular formula is C20H25N3OS. The van der Waals surface area contributed by atoms with E-state index in [2.05, 4.69) is 39.8 Å². The fourth-order valence-electron chi connectivity index (χ4n) is 3.13. The molecule has 0 bridgehead atoms. The molecular weight excluding hydrogens is 330 g/mol. The first-order valence-electron chi connectivity index (χ1n) is 8.72. The minimum atomic E-state index is 0.650. The van der Waals surface area contributed by atoms with Crippen molar-refractivity contribution in [2.45, 2.75) is 19.4 Å². The molecule has 132 valence electrons. The van der Waals surface area contributed by atoms with Crippen LogP contribution in [-0.4, -0.2) is 36.8 Å². The molecule has 4 nitrogen and oxygen atoms in total. The number of methoxy groups -OCH3 is 1. The fraction of sp³-hybridized carbons (Fsp3) is 0.350. The summed E-state index contributed by atoms with van der Waals surface area (Å²) in [6, 6.07) is 16.5. The highest BCUT2D eigenvalue weighted by molar-refractivity contribution is 7.80. The van der Waals surface area contributed by atoms with Crippen molar-refractivity contribution in [1.82, 2.24) is 10.2 Å². The topological polar surface area (TPSA) is 36.5 Å². The summed E-state index contributed by atoms with van der Waals surface area (Å²) in [5, 5.41) is 7.13. The monoisotopic (exact) mass is 355 g/mol. The highest BCUT2D eigenvalue weighted by atomic mass is 32.1. The molecule has 2 aromatic carbocycles. The van der Waals surface area contributed by atoms with Crippen LogP contribution in [0.4, 0.5) is 5.69 Å². The van der Waals surface area contributed by atoms with Gasteiger partial charge in [0.15, 0.2) is 5.11 Å². The number of fused-ring (bicyclic) bond motifs is 1.